The maximum absolute atomic E-state index is 12.7. The number of benzene rings is 3. The third-order valence-electron chi connectivity index (χ3n) is 5.21. The van der Waals surface area contributed by atoms with Crippen molar-refractivity contribution in [2.45, 2.75) is 13.5 Å². The molecule has 3 aromatic rings. The zero-order chi connectivity index (χ0) is 24.1. The van der Waals surface area contributed by atoms with Crippen molar-refractivity contribution in [2.24, 2.45) is 0 Å². The fraction of sp³-hybridized carbons (Fsp3) is 0.192. The highest BCUT2D eigenvalue weighted by Crippen LogP contribution is 2.35. The van der Waals surface area contributed by atoms with Gasteiger partial charge in [0.05, 0.1) is 18.6 Å². The first-order valence-electron chi connectivity index (χ1n) is 10.7. The van der Waals surface area contributed by atoms with Crippen molar-refractivity contribution in [3.05, 3.63) is 76.7 Å². The van der Waals surface area contributed by atoms with E-state index < -0.39 is 23.7 Å². The van der Waals surface area contributed by atoms with Crippen molar-refractivity contribution in [3.8, 4) is 11.5 Å². The van der Waals surface area contributed by atoms with Gasteiger partial charge in [-0.2, -0.15) is 0 Å². The van der Waals surface area contributed by atoms with Gasteiger partial charge in [0.15, 0.2) is 11.5 Å². The lowest BCUT2D eigenvalue weighted by atomic mass is 10.1. The van der Waals surface area contributed by atoms with Crippen molar-refractivity contribution in [3.63, 3.8) is 0 Å². The molecule has 1 aliphatic heterocycles. The molecule has 0 unspecified atom stereocenters. The van der Waals surface area contributed by atoms with Gasteiger partial charge in [-0.25, -0.2) is 0 Å². The van der Waals surface area contributed by atoms with Crippen LogP contribution in [0.3, 0.4) is 0 Å². The second-order valence-electron chi connectivity index (χ2n) is 7.41. The number of imide groups is 1. The van der Waals surface area contributed by atoms with E-state index in [0.29, 0.717) is 23.7 Å². The normalized spacial score (nSPS) is 14.6. The Morgan fingerprint density at radius 1 is 1.03 bits per heavy atom. The molecule has 1 aliphatic rings. The molecule has 0 bridgehead atoms. The number of carbonyl (C=O) groups excluding carboxylic acids is 3. The average Bonchev–Trinajstić information content (AvgIpc) is 3.10. The van der Waals surface area contributed by atoms with Gasteiger partial charge < -0.3 is 14.2 Å². The molecule has 0 spiro atoms. The van der Waals surface area contributed by atoms with Gasteiger partial charge in [-0.1, -0.05) is 48.5 Å². The van der Waals surface area contributed by atoms with Crippen LogP contribution in [0, 0.1) is 0 Å². The number of hydrogen-bond donors (Lipinski definition) is 0. The summed E-state index contributed by atoms with van der Waals surface area (Å²) in [7, 11) is 1.56. The summed E-state index contributed by atoms with van der Waals surface area (Å²) in [5.41, 5.74) is 1.70. The van der Waals surface area contributed by atoms with E-state index in [1.165, 1.54) is 0 Å². The molecule has 0 N–H and O–H groups in total. The fourth-order valence-corrected chi connectivity index (χ4v) is 4.43. The number of hydrogen-bond acceptors (Lipinski definition) is 7. The van der Waals surface area contributed by atoms with Crippen LogP contribution in [-0.4, -0.2) is 42.3 Å². The van der Waals surface area contributed by atoms with E-state index in [0.717, 1.165) is 33.0 Å². The highest BCUT2D eigenvalue weighted by molar-refractivity contribution is 8.18. The van der Waals surface area contributed by atoms with Crippen LogP contribution in [0.25, 0.3) is 16.8 Å². The van der Waals surface area contributed by atoms with Crippen LogP contribution in [0.4, 0.5) is 4.79 Å². The Hall–Kier alpha value is -3.78. The lowest BCUT2D eigenvalue weighted by molar-refractivity contribution is -0.145. The summed E-state index contributed by atoms with van der Waals surface area (Å²) in [5, 5.41) is 1.73. The van der Waals surface area contributed by atoms with Crippen molar-refractivity contribution in [1.29, 1.82) is 0 Å². The fourth-order valence-electron chi connectivity index (χ4n) is 3.59. The van der Waals surface area contributed by atoms with E-state index in [4.69, 9.17) is 14.2 Å². The van der Waals surface area contributed by atoms with Gasteiger partial charge >= 0.3 is 5.97 Å². The molecule has 34 heavy (non-hydrogen) atoms. The molecule has 1 fully saturated rings. The smallest absolute Gasteiger partial charge is 0.326 e. The summed E-state index contributed by atoms with van der Waals surface area (Å²) < 4.78 is 16.4. The highest BCUT2D eigenvalue weighted by atomic mass is 32.2. The Labute approximate surface area is 201 Å². The maximum Gasteiger partial charge on any atom is 0.326 e. The summed E-state index contributed by atoms with van der Waals surface area (Å²) in [5.74, 6) is -0.0977. The van der Waals surface area contributed by atoms with Crippen LogP contribution in [0.1, 0.15) is 18.1 Å². The summed E-state index contributed by atoms with van der Waals surface area (Å²) in [6.07, 6.45) is 1.60. The molecule has 2 amide bonds. The van der Waals surface area contributed by atoms with Gasteiger partial charge in [-0.05, 0) is 58.8 Å². The van der Waals surface area contributed by atoms with Crippen LogP contribution in [0.15, 0.2) is 65.6 Å². The van der Waals surface area contributed by atoms with Crippen LogP contribution in [-0.2, 0) is 20.9 Å². The Balaban J connectivity index is 1.54. The number of nitrogens with zero attached hydrogens (tertiary/aromatic N) is 1. The SMILES string of the molecule is CCOC(=O)CN1C(=O)S/C(=C\c2ccc(OC)c(OCc3cccc4ccccc34)c2)C1=O. The first-order chi connectivity index (χ1) is 16.5. The standard InChI is InChI=1S/C26H23NO6S/c1-3-32-24(28)15-27-25(29)23(34-26(27)30)14-17-11-12-21(31-2)22(13-17)33-16-19-9-6-8-18-7-4-5-10-20(18)19/h4-14H,3,15-16H2,1-2H3/b23-14-. The van der Waals surface area contributed by atoms with Crippen LogP contribution in [0.5, 0.6) is 11.5 Å². The molecule has 0 aliphatic carbocycles. The molecule has 7 nitrogen and oxygen atoms in total. The Morgan fingerprint density at radius 3 is 2.62 bits per heavy atom. The van der Waals surface area contributed by atoms with Crippen molar-refractivity contribution in [1.82, 2.24) is 4.90 Å². The topological polar surface area (TPSA) is 82.1 Å². The second-order valence-corrected chi connectivity index (χ2v) is 8.40. The van der Waals surface area contributed by atoms with E-state index in [1.807, 2.05) is 30.3 Å². The molecule has 0 saturated carbocycles. The van der Waals surface area contributed by atoms with Crippen molar-refractivity contribution < 1.29 is 28.6 Å². The van der Waals surface area contributed by atoms with Gasteiger partial charge in [0.1, 0.15) is 13.2 Å². The van der Waals surface area contributed by atoms with Crippen LogP contribution < -0.4 is 9.47 Å². The predicted molar refractivity (Wildman–Crippen MR) is 131 cm³/mol. The minimum absolute atomic E-state index is 0.179. The molecule has 1 saturated heterocycles. The van der Waals surface area contributed by atoms with Gasteiger partial charge in [-0.3, -0.25) is 19.3 Å². The van der Waals surface area contributed by atoms with E-state index in [1.54, 1.807) is 38.3 Å². The average molecular weight is 478 g/mol. The van der Waals surface area contributed by atoms with Gasteiger partial charge in [0, 0.05) is 0 Å². The number of rotatable bonds is 8. The lowest BCUT2D eigenvalue weighted by Crippen LogP contribution is -2.34. The van der Waals surface area contributed by atoms with Crippen molar-refractivity contribution in [2.75, 3.05) is 20.3 Å². The largest absolute Gasteiger partial charge is 0.493 e. The summed E-state index contributed by atoms with van der Waals surface area (Å²) in [6, 6.07) is 19.4. The van der Waals surface area contributed by atoms with Gasteiger partial charge in [-0.15, -0.1) is 0 Å². The molecule has 174 valence electrons. The lowest BCUT2D eigenvalue weighted by Gasteiger charge is -2.13. The maximum atomic E-state index is 12.7. The Morgan fingerprint density at radius 2 is 1.82 bits per heavy atom. The van der Waals surface area contributed by atoms with E-state index in [2.05, 4.69) is 12.1 Å². The Bertz CT molecular complexity index is 1280. The van der Waals surface area contributed by atoms with E-state index in [9.17, 15) is 14.4 Å². The number of methoxy groups -OCH3 is 1. The zero-order valence-electron chi connectivity index (χ0n) is 18.8. The minimum Gasteiger partial charge on any atom is -0.493 e. The van der Waals surface area contributed by atoms with Gasteiger partial charge in [0.25, 0.3) is 11.1 Å². The molecule has 3 aromatic carbocycles. The van der Waals surface area contributed by atoms with E-state index >= 15 is 0 Å². The van der Waals surface area contributed by atoms with Crippen LogP contribution in [0.2, 0.25) is 0 Å². The molecular formula is C26H23NO6S. The van der Waals surface area contributed by atoms with Crippen molar-refractivity contribution >= 4 is 45.7 Å². The first kappa shape index (κ1) is 23.4. The van der Waals surface area contributed by atoms with Crippen LogP contribution >= 0.6 is 11.8 Å². The Kier molecular flexibility index (Phi) is 7.18. The number of amides is 2. The quantitative estimate of drug-likeness (QED) is 0.333. The third-order valence-corrected chi connectivity index (χ3v) is 6.12. The molecule has 0 aromatic heterocycles. The number of fused-ring (bicyclic) bond motifs is 1. The summed E-state index contributed by atoms with van der Waals surface area (Å²) in [6.45, 7) is 1.77. The molecule has 8 heteroatoms. The second kappa shape index (κ2) is 10.4. The molecule has 0 atom stereocenters. The summed E-state index contributed by atoms with van der Waals surface area (Å²) >= 11 is 0.783. The van der Waals surface area contributed by atoms with Gasteiger partial charge in [0.2, 0.25) is 0 Å². The monoisotopic (exact) mass is 477 g/mol. The molecule has 1 heterocycles. The number of ether oxygens (including phenoxy) is 3. The number of carbonyl (C=O) groups is 3. The molecule has 4 rings (SSSR count). The highest BCUT2D eigenvalue weighted by Gasteiger charge is 2.36. The zero-order valence-corrected chi connectivity index (χ0v) is 19.6. The number of thioether (sulfide) groups is 1. The first-order valence-corrected chi connectivity index (χ1v) is 11.5. The minimum atomic E-state index is -0.625. The molecule has 0 radical (unpaired) electrons. The molecular weight excluding hydrogens is 454 g/mol. The third kappa shape index (κ3) is 5.07. The number of esters is 1. The predicted octanol–water partition coefficient (Wildman–Crippen LogP) is 5.03. The van der Waals surface area contributed by atoms with E-state index in [-0.39, 0.29) is 11.5 Å². The summed E-state index contributed by atoms with van der Waals surface area (Å²) in [4.78, 5) is 37.7.